The molecule has 0 bridgehead atoms. The molecule has 192 valence electrons. The first kappa shape index (κ1) is 32.0. The van der Waals surface area contributed by atoms with E-state index in [4.69, 9.17) is 0 Å². The van der Waals surface area contributed by atoms with Gasteiger partial charge in [-0.1, -0.05) is 179 Å². The molecule has 0 rings (SSSR count). The van der Waals surface area contributed by atoms with Crippen molar-refractivity contribution in [1.82, 2.24) is 0 Å². The van der Waals surface area contributed by atoms with E-state index in [0.717, 1.165) is 0 Å². The molecule has 0 aromatic heterocycles. The Bertz CT molecular complexity index is 353. The number of hydrogen-bond acceptors (Lipinski definition) is 0. The maximum atomic E-state index is 2.78. The van der Waals surface area contributed by atoms with Crippen LogP contribution in [0.1, 0.15) is 162 Å². The van der Waals surface area contributed by atoms with Gasteiger partial charge in [0.05, 0.1) is 8.07 Å². The van der Waals surface area contributed by atoms with Gasteiger partial charge in [-0.05, 0) is 19.8 Å². The Morgan fingerprint density at radius 1 is 0.438 bits per heavy atom. The molecule has 0 spiro atoms. The van der Waals surface area contributed by atoms with Gasteiger partial charge in [-0.3, -0.25) is 0 Å². The van der Waals surface area contributed by atoms with Crippen molar-refractivity contribution < 1.29 is 0 Å². The molecule has 0 fully saturated rings. The lowest BCUT2D eigenvalue weighted by molar-refractivity contribution is 0.578. The smallest absolute Gasteiger partial charge is 0.0504 e. The van der Waals surface area contributed by atoms with Gasteiger partial charge in [0.25, 0.3) is 0 Å². The van der Waals surface area contributed by atoms with E-state index in [1.165, 1.54) is 141 Å². The van der Waals surface area contributed by atoms with E-state index in [1.54, 1.807) is 18.1 Å². The summed E-state index contributed by atoms with van der Waals surface area (Å²) in [5.74, 6) is 0. The molecular formula is C31H64Si. The van der Waals surface area contributed by atoms with Crippen LogP contribution in [0.15, 0.2) is 12.2 Å². The summed E-state index contributed by atoms with van der Waals surface area (Å²) in [6.45, 7) is 9.56. The van der Waals surface area contributed by atoms with Crippen molar-refractivity contribution in [1.29, 1.82) is 0 Å². The van der Waals surface area contributed by atoms with E-state index in [1.807, 2.05) is 0 Å². The minimum Gasteiger partial charge on any atom is -0.0917 e. The molecule has 0 radical (unpaired) electrons. The summed E-state index contributed by atoms with van der Waals surface area (Å²) in [6.07, 6.45) is 36.8. The first-order chi connectivity index (χ1) is 15.7. The molecule has 0 heterocycles. The van der Waals surface area contributed by atoms with Crippen molar-refractivity contribution >= 4 is 8.07 Å². The summed E-state index contributed by atoms with van der Waals surface area (Å²) in [7, 11) is -1.00. The lowest BCUT2D eigenvalue weighted by Gasteiger charge is -2.28. The third-order valence-corrected chi connectivity index (χ3v) is 12.3. The minimum atomic E-state index is -1.00. The number of hydrogen-bond donors (Lipinski definition) is 0. The average Bonchev–Trinajstić information content (AvgIpc) is 2.79. The summed E-state index contributed by atoms with van der Waals surface area (Å²) in [5, 5.41) is 0. The van der Waals surface area contributed by atoms with Crippen molar-refractivity contribution in [3.05, 3.63) is 12.2 Å². The largest absolute Gasteiger partial charge is 0.0917 e. The maximum absolute atomic E-state index is 2.78. The van der Waals surface area contributed by atoms with E-state index in [-0.39, 0.29) is 0 Å². The molecule has 0 aliphatic rings. The van der Waals surface area contributed by atoms with Crippen LogP contribution in [-0.4, -0.2) is 8.07 Å². The van der Waals surface area contributed by atoms with Crippen molar-refractivity contribution in [2.24, 2.45) is 0 Å². The Kier molecular flexibility index (Phi) is 25.5. The zero-order valence-corrected chi connectivity index (χ0v) is 24.3. The SMILES string of the molecule is CC=CCCCCCCC[Si](C)(CCCCCCCCCC)CCCCCCCCCC. The third-order valence-electron chi connectivity index (χ3n) is 7.65. The van der Waals surface area contributed by atoms with E-state index < -0.39 is 8.07 Å². The lowest BCUT2D eigenvalue weighted by Crippen LogP contribution is -2.29. The zero-order chi connectivity index (χ0) is 23.6. The van der Waals surface area contributed by atoms with Gasteiger partial charge in [0.15, 0.2) is 0 Å². The molecule has 0 nitrogen and oxygen atoms in total. The Labute approximate surface area is 206 Å². The van der Waals surface area contributed by atoms with Crippen LogP contribution < -0.4 is 0 Å². The van der Waals surface area contributed by atoms with Crippen LogP contribution in [0.2, 0.25) is 24.7 Å². The number of rotatable bonds is 26. The fourth-order valence-corrected chi connectivity index (χ4v) is 9.32. The van der Waals surface area contributed by atoms with Crippen LogP contribution in [0, 0.1) is 0 Å². The lowest BCUT2D eigenvalue weighted by atomic mass is 10.1. The van der Waals surface area contributed by atoms with Gasteiger partial charge in [0.2, 0.25) is 0 Å². The molecule has 1 heteroatoms. The van der Waals surface area contributed by atoms with E-state index in [9.17, 15) is 0 Å². The molecule has 0 atom stereocenters. The fourth-order valence-electron chi connectivity index (χ4n) is 5.26. The van der Waals surface area contributed by atoms with Crippen molar-refractivity contribution in [2.75, 3.05) is 0 Å². The molecule has 0 aliphatic heterocycles. The summed E-state index contributed by atoms with van der Waals surface area (Å²) in [5.41, 5.74) is 0. The van der Waals surface area contributed by atoms with Crippen LogP contribution in [0.3, 0.4) is 0 Å². The Balaban J connectivity index is 4.07. The average molecular weight is 465 g/mol. The molecule has 0 aliphatic carbocycles. The quantitative estimate of drug-likeness (QED) is 0.0678. The second-order valence-corrected chi connectivity index (χ2v) is 16.3. The van der Waals surface area contributed by atoms with Gasteiger partial charge in [-0.25, -0.2) is 0 Å². The van der Waals surface area contributed by atoms with Gasteiger partial charge in [0.1, 0.15) is 0 Å². The van der Waals surface area contributed by atoms with E-state index >= 15 is 0 Å². The van der Waals surface area contributed by atoms with Gasteiger partial charge in [-0.2, -0.15) is 0 Å². The topological polar surface area (TPSA) is 0 Å². The minimum absolute atomic E-state index is 1.00. The summed E-state index contributed by atoms with van der Waals surface area (Å²) in [6, 6.07) is 4.87. The second-order valence-electron chi connectivity index (χ2n) is 11.1. The standard InChI is InChI=1S/C31H64Si/c1-5-8-11-14-17-20-23-26-29-32(4,30-27-24-21-18-15-12-9-6-2)31-28-25-22-19-16-13-10-7-3/h5,8H,6-7,9-31H2,1-4H3. The first-order valence-corrected chi connectivity index (χ1v) is 18.4. The van der Waals surface area contributed by atoms with Crippen LogP contribution in [0.5, 0.6) is 0 Å². The van der Waals surface area contributed by atoms with Crippen LogP contribution in [-0.2, 0) is 0 Å². The highest BCUT2D eigenvalue weighted by Gasteiger charge is 2.25. The summed E-state index contributed by atoms with van der Waals surface area (Å²) >= 11 is 0. The first-order valence-electron chi connectivity index (χ1n) is 15.3. The van der Waals surface area contributed by atoms with Crippen LogP contribution in [0.4, 0.5) is 0 Å². The Hall–Kier alpha value is -0.0431. The van der Waals surface area contributed by atoms with Crippen LogP contribution >= 0.6 is 0 Å². The number of unbranched alkanes of at least 4 members (excludes halogenated alkanes) is 19. The highest BCUT2D eigenvalue weighted by molar-refractivity contribution is 6.78. The van der Waals surface area contributed by atoms with E-state index in [0.29, 0.717) is 0 Å². The predicted molar refractivity (Wildman–Crippen MR) is 154 cm³/mol. The molecule has 0 amide bonds. The predicted octanol–water partition coefficient (Wildman–Crippen LogP) is 12.3. The molecule has 0 saturated heterocycles. The molecule has 0 saturated carbocycles. The number of allylic oxidation sites excluding steroid dienone is 2. The van der Waals surface area contributed by atoms with Crippen molar-refractivity contribution in [3.63, 3.8) is 0 Å². The second kappa shape index (κ2) is 25.6. The summed E-state index contributed by atoms with van der Waals surface area (Å²) < 4.78 is 0. The molecule has 0 unspecified atom stereocenters. The van der Waals surface area contributed by atoms with Gasteiger partial charge >= 0.3 is 0 Å². The molecule has 0 aromatic rings. The van der Waals surface area contributed by atoms with Crippen molar-refractivity contribution in [2.45, 2.75) is 187 Å². The van der Waals surface area contributed by atoms with Gasteiger partial charge < -0.3 is 0 Å². The molecule has 32 heavy (non-hydrogen) atoms. The fraction of sp³-hybridized carbons (Fsp3) is 0.935. The highest BCUT2D eigenvalue weighted by atomic mass is 28.3. The van der Waals surface area contributed by atoms with Crippen LogP contribution in [0.25, 0.3) is 0 Å². The van der Waals surface area contributed by atoms with Gasteiger partial charge in [-0.15, -0.1) is 0 Å². The van der Waals surface area contributed by atoms with Gasteiger partial charge in [0, 0.05) is 0 Å². The zero-order valence-electron chi connectivity index (χ0n) is 23.3. The normalized spacial score (nSPS) is 12.2. The monoisotopic (exact) mass is 464 g/mol. The molecule has 0 N–H and O–H groups in total. The summed E-state index contributed by atoms with van der Waals surface area (Å²) in [4.78, 5) is 0. The molecule has 0 aromatic carbocycles. The highest BCUT2D eigenvalue weighted by Crippen LogP contribution is 2.30. The third kappa shape index (κ3) is 23.1. The van der Waals surface area contributed by atoms with E-state index in [2.05, 4.69) is 39.5 Å². The Morgan fingerprint density at radius 2 is 0.750 bits per heavy atom. The maximum Gasteiger partial charge on any atom is 0.0504 e. The van der Waals surface area contributed by atoms with Crippen molar-refractivity contribution in [3.8, 4) is 0 Å². The molecular weight excluding hydrogens is 400 g/mol. The Morgan fingerprint density at radius 3 is 1.09 bits per heavy atom.